The zero-order valence-corrected chi connectivity index (χ0v) is 10.3. The van der Waals surface area contributed by atoms with E-state index in [1.165, 1.54) is 0 Å². The van der Waals surface area contributed by atoms with Crippen molar-refractivity contribution < 1.29 is 13.5 Å². The Balaban J connectivity index is 2.00. The molecule has 1 heterocycles. The lowest BCUT2D eigenvalue weighted by atomic mass is 9.63. The van der Waals surface area contributed by atoms with Crippen molar-refractivity contribution in [1.82, 2.24) is 5.32 Å². The summed E-state index contributed by atoms with van der Waals surface area (Å²) in [4.78, 5) is 0. The van der Waals surface area contributed by atoms with Gasteiger partial charge in [-0.05, 0) is 6.92 Å². The predicted molar refractivity (Wildman–Crippen MR) is 58.7 cm³/mol. The van der Waals surface area contributed by atoms with E-state index < -0.39 is 24.5 Å². The lowest BCUT2D eigenvalue weighted by molar-refractivity contribution is -0.261. The van der Waals surface area contributed by atoms with Crippen LogP contribution in [0.1, 0.15) is 33.6 Å². The average molecular weight is 233 g/mol. The van der Waals surface area contributed by atoms with Crippen LogP contribution in [0.3, 0.4) is 0 Å². The van der Waals surface area contributed by atoms with Gasteiger partial charge in [0.15, 0.2) is 0 Å². The third-order valence-electron chi connectivity index (χ3n) is 4.26. The predicted octanol–water partition coefficient (Wildman–Crippen LogP) is 2.44. The summed E-state index contributed by atoms with van der Waals surface area (Å²) >= 11 is 0. The topological polar surface area (TPSA) is 21.3 Å². The van der Waals surface area contributed by atoms with Crippen LogP contribution in [0.2, 0.25) is 0 Å². The minimum atomic E-state index is -0.784. The number of nitrogens with one attached hydrogen (secondary N) is 1. The molecule has 0 bridgehead atoms. The number of rotatable bonds is 2. The van der Waals surface area contributed by atoms with Crippen LogP contribution in [0, 0.1) is 10.8 Å². The number of alkyl halides is 2. The Kier molecular flexibility index (Phi) is 2.78. The largest absolute Gasteiger partial charge is 0.357 e. The lowest BCUT2D eigenvalue weighted by Gasteiger charge is -2.59. The van der Waals surface area contributed by atoms with Crippen LogP contribution >= 0.6 is 0 Å². The number of hydrogen-bond acceptors (Lipinski definition) is 2. The third kappa shape index (κ3) is 1.76. The number of halogens is 2. The van der Waals surface area contributed by atoms with Gasteiger partial charge in [0.25, 0.3) is 0 Å². The van der Waals surface area contributed by atoms with Crippen molar-refractivity contribution in [1.29, 1.82) is 0 Å². The molecule has 4 heteroatoms. The molecule has 0 radical (unpaired) electrons. The molecule has 1 aliphatic carbocycles. The van der Waals surface area contributed by atoms with Crippen LogP contribution in [-0.4, -0.2) is 31.7 Å². The standard InChI is InChI=1S/C12H21F2NO/c1-9-10(2,3)8-15-12(16-9)4-11(5-12,6-13)7-14/h9,15H,4-8H2,1-3H3. The summed E-state index contributed by atoms with van der Waals surface area (Å²) in [6, 6.07) is 0. The van der Waals surface area contributed by atoms with Crippen molar-refractivity contribution in [3.8, 4) is 0 Å². The molecule has 1 aliphatic heterocycles. The fraction of sp³-hybridized carbons (Fsp3) is 1.00. The van der Waals surface area contributed by atoms with Crippen molar-refractivity contribution in [3.05, 3.63) is 0 Å². The first-order valence-corrected chi connectivity index (χ1v) is 5.92. The van der Waals surface area contributed by atoms with Gasteiger partial charge >= 0.3 is 0 Å². The van der Waals surface area contributed by atoms with Crippen molar-refractivity contribution in [2.75, 3.05) is 19.9 Å². The van der Waals surface area contributed by atoms with Crippen LogP contribution in [0.4, 0.5) is 8.78 Å². The molecule has 1 N–H and O–H groups in total. The van der Waals surface area contributed by atoms with Crippen molar-refractivity contribution in [2.45, 2.75) is 45.4 Å². The Morgan fingerprint density at radius 1 is 1.25 bits per heavy atom. The quantitative estimate of drug-likeness (QED) is 0.791. The van der Waals surface area contributed by atoms with E-state index in [2.05, 4.69) is 19.2 Å². The summed E-state index contributed by atoms with van der Waals surface area (Å²) in [5.41, 5.74) is -1.17. The van der Waals surface area contributed by atoms with Gasteiger partial charge < -0.3 is 4.74 Å². The molecule has 94 valence electrons. The van der Waals surface area contributed by atoms with E-state index in [9.17, 15) is 8.78 Å². The Hall–Kier alpha value is -0.220. The molecular formula is C12H21F2NO. The normalized spacial score (nSPS) is 34.7. The zero-order chi connectivity index (χ0) is 12.0. The van der Waals surface area contributed by atoms with Crippen molar-refractivity contribution in [3.63, 3.8) is 0 Å². The number of hydrogen-bond donors (Lipinski definition) is 1. The lowest BCUT2D eigenvalue weighted by Crippen LogP contribution is -2.70. The first kappa shape index (κ1) is 12.2. The van der Waals surface area contributed by atoms with Crippen LogP contribution in [-0.2, 0) is 4.74 Å². The fourth-order valence-electron chi connectivity index (χ4n) is 2.66. The van der Waals surface area contributed by atoms with E-state index in [1.807, 2.05) is 6.92 Å². The Bertz CT molecular complexity index is 263. The molecule has 1 saturated heterocycles. The van der Waals surface area contributed by atoms with E-state index in [0.29, 0.717) is 12.8 Å². The van der Waals surface area contributed by atoms with Gasteiger partial charge in [-0.3, -0.25) is 14.1 Å². The van der Waals surface area contributed by atoms with E-state index in [0.717, 1.165) is 6.54 Å². The summed E-state index contributed by atoms with van der Waals surface area (Å²) in [7, 11) is 0. The van der Waals surface area contributed by atoms with Gasteiger partial charge in [0.2, 0.25) is 0 Å². The van der Waals surface area contributed by atoms with E-state index in [4.69, 9.17) is 4.74 Å². The Labute approximate surface area is 95.7 Å². The van der Waals surface area contributed by atoms with Crippen LogP contribution < -0.4 is 5.32 Å². The second kappa shape index (κ2) is 3.64. The van der Waals surface area contributed by atoms with Gasteiger partial charge in [0, 0.05) is 30.2 Å². The van der Waals surface area contributed by atoms with E-state index in [1.54, 1.807) is 0 Å². The maximum atomic E-state index is 12.8. The molecule has 0 aromatic rings. The van der Waals surface area contributed by atoms with Crippen LogP contribution in [0.25, 0.3) is 0 Å². The summed E-state index contributed by atoms with van der Waals surface area (Å²) in [6.45, 7) is 5.96. The minimum Gasteiger partial charge on any atom is -0.357 e. The van der Waals surface area contributed by atoms with Crippen molar-refractivity contribution >= 4 is 0 Å². The molecule has 1 saturated carbocycles. The zero-order valence-electron chi connectivity index (χ0n) is 10.3. The van der Waals surface area contributed by atoms with E-state index >= 15 is 0 Å². The highest BCUT2D eigenvalue weighted by molar-refractivity contribution is 5.07. The van der Waals surface area contributed by atoms with Crippen LogP contribution in [0.5, 0.6) is 0 Å². The molecule has 2 aliphatic rings. The second-order valence-electron chi connectivity index (χ2n) is 6.22. The molecule has 2 fully saturated rings. The Morgan fingerprint density at radius 3 is 2.25 bits per heavy atom. The monoisotopic (exact) mass is 233 g/mol. The second-order valence-corrected chi connectivity index (χ2v) is 6.22. The smallest absolute Gasteiger partial charge is 0.121 e. The summed E-state index contributed by atoms with van der Waals surface area (Å²) in [5, 5.41) is 3.32. The molecule has 0 aromatic heterocycles. The summed E-state index contributed by atoms with van der Waals surface area (Å²) < 4.78 is 31.5. The first-order valence-electron chi connectivity index (χ1n) is 5.92. The average Bonchev–Trinajstić information content (AvgIpc) is 2.19. The van der Waals surface area contributed by atoms with Gasteiger partial charge in [0.05, 0.1) is 19.5 Å². The highest BCUT2D eigenvalue weighted by atomic mass is 19.1. The SMILES string of the molecule is CC1OC2(CC(CF)(CF)C2)NCC1(C)C. The highest BCUT2D eigenvalue weighted by Gasteiger charge is 2.59. The minimum absolute atomic E-state index is 0.0783. The van der Waals surface area contributed by atoms with Gasteiger partial charge in [-0.15, -0.1) is 0 Å². The third-order valence-corrected chi connectivity index (χ3v) is 4.26. The molecule has 1 atom stereocenters. The first-order chi connectivity index (χ1) is 7.37. The van der Waals surface area contributed by atoms with Gasteiger partial charge in [-0.2, -0.15) is 0 Å². The Morgan fingerprint density at radius 2 is 1.81 bits per heavy atom. The summed E-state index contributed by atoms with van der Waals surface area (Å²) in [5.74, 6) is 0. The molecule has 1 unspecified atom stereocenters. The highest BCUT2D eigenvalue weighted by Crippen LogP contribution is 2.52. The van der Waals surface area contributed by atoms with Gasteiger partial charge in [-0.25, -0.2) is 0 Å². The maximum absolute atomic E-state index is 12.8. The van der Waals surface area contributed by atoms with Crippen LogP contribution in [0.15, 0.2) is 0 Å². The van der Waals surface area contributed by atoms with Gasteiger partial charge in [0.1, 0.15) is 5.72 Å². The molecule has 0 aromatic carbocycles. The molecule has 2 rings (SSSR count). The number of ether oxygens (including phenoxy) is 1. The molecule has 16 heavy (non-hydrogen) atoms. The molecule has 2 nitrogen and oxygen atoms in total. The van der Waals surface area contributed by atoms with Crippen molar-refractivity contribution in [2.24, 2.45) is 10.8 Å². The summed E-state index contributed by atoms with van der Waals surface area (Å²) in [6.07, 6.45) is 1.02. The molecule has 1 spiro atoms. The van der Waals surface area contributed by atoms with E-state index in [-0.39, 0.29) is 11.5 Å². The molecule has 0 amide bonds. The maximum Gasteiger partial charge on any atom is 0.121 e. The molecular weight excluding hydrogens is 212 g/mol. The fourth-order valence-corrected chi connectivity index (χ4v) is 2.66. The van der Waals surface area contributed by atoms with Gasteiger partial charge in [-0.1, -0.05) is 13.8 Å².